The van der Waals surface area contributed by atoms with Crippen LogP contribution in [-0.2, 0) is 11.2 Å². The highest BCUT2D eigenvalue weighted by atomic mass is 79.9. The SMILES string of the molecule is CCc1ccc2c(c1Br)C(=O)C(=O)N2. The fraction of sp³-hybridized carbons (Fsp3) is 0.200. The van der Waals surface area contributed by atoms with Crippen LogP contribution in [0.4, 0.5) is 5.69 Å². The van der Waals surface area contributed by atoms with Gasteiger partial charge in [-0.05, 0) is 34.0 Å². The highest BCUT2D eigenvalue weighted by Gasteiger charge is 2.30. The summed E-state index contributed by atoms with van der Waals surface area (Å²) in [4.78, 5) is 22.5. The Hall–Kier alpha value is -1.16. The van der Waals surface area contributed by atoms with E-state index in [2.05, 4.69) is 21.2 Å². The second-order valence-electron chi connectivity index (χ2n) is 3.10. The monoisotopic (exact) mass is 253 g/mol. The van der Waals surface area contributed by atoms with Crippen molar-refractivity contribution in [1.29, 1.82) is 0 Å². The van der Waals surface area contributed by atoms with Gasteiger partial charge in [0.2, 0.25) is 0 Å². The minimum atomic E-state index is -0.547. The number of benzene rings is 1. The topological polar surface area (TPSA) is 46.2 Å². The lowest BCUT2D eigenvalue weighted by atomic mass is 10.1. The van der Waals surface area contributed by atoms with Gasteiger partial charge in [-0.25, -0.2) is 0 Å². The average molecular weight is 254 g/mol. The summed E-state index contributed by atoms with van der Waals surface area (Å²) in [6.07, 6.45) is 0.829. The number of fused-ring (bicyclic) bond motifs is 1. The van der Waals surface area contributed by atoms with Gasteiger partial charge in [0, 0.05) is 4.47 Å². The number of amides is 1. The average Bonchev–Trinajstić information content (AvgIpc) is 2.44. The highest BCUT2D eigenvalue weighted by molar-refractivity contribution is 9.10. The maximum atomic E-state index is 11.4. The molecule has 1 heterocycles. The molecule has 2 rings (SSSR count). The van der Waals surface area contributed by atoms with E-state index in [1.54, 1.807) is 6.07 Å². The normalized spacial score (nSPS) is 14.1. The smallest absolute Gasteiger partial charge is 0.296 e. The number of hydrogen-bond donors (Lipinski definition) is 1. The molecule has 0 fully saturated rings. The first-order valence-electron chi connectivity index (χ1n) is 4.32. The van der Waals surface area contributed by atoms with E-state index in [-0.39, 0.29) is 0 Å². The first-order valence-corrected chi connectivity index (χ1v) is 5.11. The number of carbonyl (C=O) groups excluding carboxylic acids is 2. The zero-order chi connectivity index (χ0) is 10.3. The molecule has 0 saturated heterocycles. The van der Waals surface area contributed by atoms with E-state index in [1.807, 2.05) is 13.0 Å². The van der Waals surface area contributed by atoms with E-state index in [4.69, 9.17) is 0 Å². The fourth-order valence-corrected chi connectivity index (χ4v) is 2.32. The van der Waals surface area contributed by atoms with Crippen LogP contribution in [0.15, 0.2) is 16.6 Å². The van der Waals surface area contributed by atoms with Crippen LogP contribution in [0.5, 0.6) is 0 Å². The number of aryl methyl sites for hydroxylation is 1. The van der Waals surface area contributed by atoms with Gasteiger partial charge in [0.05, 0.1) is 11.3 Å². The number of anilines is 1. The summed E-state index contributed by atoms with van der Waals surface area (Å²) >= 11 is 3.35. The maximum Gasteiger partial charge on any atom is 0.296 e. The molecule has 0 aliphatic carbocycles. The highest BCUT2D eigenvalue weighted by Crippen LogP contribution is 2.32. The van der Waals surface area contributed by atoms with Gasteiger partial charge >= 0.3 is 0 Å². The Labute approximate surface area is 89.6 Å². The van der Waals surface area contributed by atoms with Crippen molar-refractivity contribution >= 4 is 33.3 Å². The summed E-state index contributed by atoms with van der Waals surface area (Å²) in [6.45, 7) is 2.00. The number of rotatable bonds is 1. The number of Topliss-reactive ketones (excluding diaryl/α,β-unsaturated/α-hetero) is 1. The molecule has 0 bridgehead atoms. The van der Waals surface area contributed by atoms with Gasteiger partial charge in [-0.15, -0.1) is 0 Å². The maximum absolute atomic E-state index is 11.4. The van der Waals surface area contributed by atoms with E-state index in [0.717, 1.165) is 16.5 Å². The molecule has 1 aliphatic rings. The van der Waals surface area contributed by atoms with E-state index in [1.165, 1.54) is 0 Å². The molecule has 3 nitrogen and oxygen atoms in total. The lowest BCUT2D eigenvalue weighted by molar-refractivity contribution is -0.112. The van der Waals surface area contributed by atoms with Crippen LogP contribution in [0.1, 0.15) is 22.8 Å². The third kappa shape index (κ3) is 1.18. The molecule has 0 atom stereocenters. The number of halogens is 1. The van der Waals surface area contributed by atoms with Gasteiger partial charge in [-0.2, -0.15) is 0 Å². The second kappa shape index (κ2) is 3.20. The molecule has 0 aromatic heterocycles. The Morgan fingerprint density at radius 1 is 1.36 bits per heavy atom. The number of ketones is 1. The number of nitrogens with one attached hydrogen (secondary N) is 1. The molecule has 0 saturated carbocycles. The van der Waals surface area contributed by atoms with Crippen molar-refractivity contribution in [3.63, 3.8) is 0 Å². The zero-order valence-corrected chi connectivity index (χ0v) is 9.14. The van der Waals surface area contributed by atoms with Gasteiger partial charge in [-0.3, -0.25) is 9.59 Å². The molecule has 0 spiro atoms. The van der Waals surface area contributed by atoms with Gasteiger partial charge in [0.25, 0.3) is 11.7 Å². The fourth-order valence-electron chi connectivity index (χ4n) is 1.51. The van der Waals surface area contributed by atoms with Gasteiger partial charge in [-0.1, -0.05) is 13.0 Å². The molecular weight excluding hydrogens is 246 g/mol. The summed E-state index contributed by atoms with van der Waals surface area (Å²) in [5.41, 5.74) is 2.10. The standard InChI is InChI=1S/C10H8BrNO2/c1-2-5-3-4-6-7(8(5)11)9(13)10(14)12-6/h3-4H,2H2,1H3,(H,12,13,14). The quantitative estimate of drug-likeness (QED) is 0.780. The Bertz CT molecular complexity index is 440. The van der Waals surface area contributed by atoms with E-state index in [9.17, 15) is 9.59 Å². The lowest BCUT2D eigenvalue weighted by Gasteiger charge is -2.04. The van der Waals surface area contributed by atoms with E-state index in [0.29, 0.717) is 11.3 Å². The van der Waals surface area contributed by atoms with Gasteiger partial charge in [0.15, 0.2) is 0 Å². The summed E-state index contributed by atoms with van der Waals surface area (Å²) in [6, 6.07) is 3.67. The third-order valence-corrected chi connectivity index (χ3v) is 3.19. The molecule has 0 radical (unpaired) electrons. The molecule has 1 aliphatic heterocycles. The first-order chi connectivity index (χ1) is 6.65. The Kier molecular flexibility index (Phi) is 2.15. The molecule has 1 aromatic rings. The molecule has 4 heteroatoms. The predicted octanol–water partition coefficient (Wildman–Crippen LogP) is 2.15. The summed E-state index contributed by atoms with van der Waals surface area (Å²) in [5, 5.41) is 2.52. The van der Waals surface area contributed by atoms with Crippen LogP contribution in [0, 0.1) is 0 Å². The molecule has 1 N–H and O–H groups in total. The molecule has 14 heavy (non-hydrogen) atoms. The molecule has 1 aromatic carbocycles. The number of hydrogen-bond acceptors (Lipinski definition) is 2. The van der Waals surface area contributed by atoms with Crippen LogP contribution < -0.4 is 5.32 Å². The Morgan fingerprint density at radius 2 is 2.07 bits per heavy atom. The Balaban J connectivity index is 2.66. The van der Waals surface area contributed by atoms with Crippen molar-refractivity contribution in [2.45, 2.75) is 13.3 Å². The van der Waals surface area contributed by atoms with E-state index >= 15 is 0 Å². The molecule has 72 valence electrons. The van der Waals surface area contributed by atoms with Crippen LogP contribution in [-0.4, -0.2) is 11.7 Å². The van der Waals surface area contributed by atoms with Crippen molar-refractivity contribution in [1.82, 2.24) is 0 Å². The number of carbonyl (C=O) groups is 2. The minimum Gasteiger partial charge on any atom is -0.318 e. The van der Waals surface area contributed by atoms with Crippen LogP contribution >= 0.6 is 15.9 Å². The summed E-state index contributed by atoms with van der Waals surface area (Å²) in [5.74, 6) is -1.00. The summed E-state index contributed by atoms with van der Waals surface area (Å²) < 4.78 is 0.737. The Morgan fingerprint density at radius 3 is 2.71 bits per heavy atom. The van der Waals surface area contributed by atoms with Gasteiger partial charge in [0.1, 0.15) is 0 Å². The summed E-state index contributed by atoms with van der Waals surface area (Å²) in [7, 11) is 0. The zero-order valence-electron chi connectivity index (χ0n) is 7.56. The minimum absolute atomic E-state index is 0.456. The predicted molar refractivity (Wildman–Crippen MR) is 56.5 cm³/mol. The molecule has 1 amide bonds. The molecular formula is C10H8BrNO2. The molecule has 0 unspecified atom stereocenters. The van der Waals surface area contributed by atoms with E-state index < -0.39 is 11.7 Å². The van der Waals surface area contributed by atoms with Crippen molar-refractivity contribution in [2.24, 2.45) is 0 Å². The van der Waals surface area contributed by atoms with Crippen molar-refractivity contribution in [3.8, 4) is 0 Å². The van der Waals surface area contributed by atoms with Crippen LogP contribution in [0.3, 0.4) is 0 Å². The lowest BCUT2D eigenvalue weighted by Crippen LogP contribution is -2.12. The van der Waals surface area contributed by atoms with Crippen molar-refractivity contribution < 1.29 is 9.59 Å². The van der Waals surface area contributed by atoms with Crippen LogP contribution in [0.25, 0.3) is 0 Å². The van der Waals surface area contributed by atoms with Crippen LogP contribution in [0.2, 0.25) is 0 Å². The first kappa shape index (κ1) is 9.40. The van der Waals surface area contributed by atoms with Crippen molar-refractivity contribution in [2.75, 3.05) is 5.32 Å². The van der Waals surface area contributed by atoms with Gasteiger partial charge < -0.3 is 5.32 Å². The van der Waals surface area contributed by atoms with Crippen molar-refractivity contribution in [3.05, 3.63) is 27.7 Å². The second-order valence-corrected chi connectivity index (χ2v) is 3.89. The third-order valence-electron chi connectivity index (χ3n) is 2.28. The largest absolute Gasteiger partial charge is 0.318 e.